The first-order chi connectivity index (χ1) is 16.9. The van der Waals surface area contributed by atoms with Gasteiger partial charge >= 0.3 is 12.1 Å². The number of allylic oxidation sites excluding steroid dienone is 3. The third kappa shape index (κ3) is 5.32. The summed E-state index contributed by atoms with van der Waals surface area (Å²) >= 11 is 0. The lowest BCUT2D eigenvalue weighted by Crippen LogP contribution is -2.50. The van der Waals surface area contributed by atoms with Crippen LogP contribution in [-0.4, -0.2) is 34.8 Å². The zero-order chi connectivity index (χ0) is 24.9. The number of carboxylic acid groups (broad SMARTS) is 1. The Bertz CT molecular complexity index is 1250. The number of carbonyl (C=O) groups is 3. The summed E-state index contributed by atoms with van der Waals surface area (Å²) in [6, 6.07) is 13.6. The first-order valence-corrected chi connectivity index (χ1v) is 11.5. The van der Waals surface area contributed by atoms with E-state index in [1.165, 1.54) is 6.07 Å². The molecule has 0 bridgehead atoms. The second-order valence-electron chi connectivity index (χ2n) is 8.55. The van der Waals surface area contributed by atoms with Crippen LogP contribution in [0, 0.1) is 5.92 Å². The van der Waals surface area contributed by atoms with E-state index in [2.05, 4.69) is 15.6 Å². The molecule has 2 aromatic carbocycles. The Morgan fingerprint density at radius 2 is 1.89 bits per heavy atom. The molecule has 8 heteroatoms. The molecule has 0 unspecified atom stereocenters. The summed E-state index contributed by atoms with van der Waals surface area (Å²) in [5.41, 5.74) is 4.27. The van der Waals surface area contributed by atoms with Crippen LogP contribution in [0.3, 0.4) is 0 Å². The Morgan fingerprint density at radius 3 is 2.60 bits per heavy atom. The lowest BCUT2D eigenvalue weighted by Gasteiger charge is -2.24. The average molecular weight is 474 g/mol. The first kappa shape index (κ1) is 23.9. The molecule has 0 aromatic heterocycles. The number of alkyl carbamates (subject to hydrolysis) is 1. The van der Waals surface area contributed by atoms with Crippen molar-refractivity contribution in [3.8, 4) is 0 Å². The molecular formula is C27H27N3O5. The molecule has 1 heterocycles. The second kappa shape index (κ2) is 10.4. The van der Waals surface area contributed by atoms with Crippen LogP contribution in [0.15, 0.2) is 71.4 Å². The number of ether oxygens (including phenoxy) is 1. The van der Waals surface area contributed by atoms with Gasteiger partial charge in [0.15, 0.2) is 0 Å². The van der Waals surface area contributed by atoms with Crippen LogP contribution in [0.5, 0.6) is 0 Å². The molecule has 2 amide bonds. The van der Waals surface area contributed by atoms with E-state index < -0.39 is 18.1 Å². The highest BCUT2D eigenvalue weighted by atomic mass is 16.5. The van der Waals surface area contributed by atoms with Crippen molar-refractivity contribution in [3.05, 3.63) is 83.1 Å². The molecule has 8 nitrogen and oxygen atoms in total. The normalized spacial score (nSPS) is 15.4. The molecule has 2 aliphatic rings. The third-order valence-corrected chi connectivity index (χ3v) is 6.18. The van der Waals surface area contributed by atoms with E-state index in [1.54, 1.807) is 12.1 Å². The summed E-state index contributed by atoms with van der Waals surface area (Å²) in [6.07, 6.45) is 4.09. The summed E-state index contributed by atoms with van der Waals surface area (Å²) in [5.74, 6) is -1.51. The zero-order valence-corrected chi connectivity index (χ0v) is 19.6. The van der Waals surface area contributed by atoms with E-state index in [4.69, 9.17) is 4.74 Å². The van der Waals surface area contributed by atoms with Crippen molar-refractivity contribution < 1.29 is 24.2 Å². The lowest BCUT2D eigenvalue weighted by atomic mass is 9.94. The van der Waals surface area contributed by atoms with Crippen molar-refractivity contribution in [2.24, 2.45) is 10.9 Å². The highest BCUT2D eigenvalue weighted by Crippen LogP contribution is 2.40. The van der Waals surface area contributed by atoms with Crippen LogP contribution in [0.2, 0.25) is 0 Å². The van der Waals surface area contributed by atoms with E-state index in [0.717, 1.165) is 22.4 Å². The molecule has 0 fully saturated rings. The molecule has 2 atom stereocenters. The summed E-state index contributed by atoms with van der Waals surface area (Å²) in [6.45, 7) is 3.95. The number of aromatic carboxylic acids is 1. The SMILES string of the molecule is CC[C@H](C)[C@H](NC(=O)OCc1ccccc1)C(=O)NC1=CCC2=Nc3c(C(=O)O)cccc3C2=C1. The summed E-state index contributed by atoms with van der Waals surface area (Å²) in [7, 11) is 0. The van der Waals surface area contributed by atoms with Crippen molar-refractivity contribution in [2.45, 2.75) is 39.3 Å². The van der Waals surface area contributed by atoms with Crippen LogP contribution >= 0.6 is 0 Å². The number of nitrogens with one attached hydrogen (secondary N) is 2. The smallest absolute Gasteiger partial charge is 0.408 e. The van der Waals surface area contributed by atoms with Gasteiger partial charge in [-0.2, -0.15) is 0 Å². The van der Waals surface area contributed by atoms with Gasteiger partial charge in [0.1, 0.15) is 12.6 Å². The number of fused-ring (bicyclic) bond motifs is 3. The minimum atomic E-state index is -1.03. The fourth-order valence-electron chi connectivity index (χ4n) is 4.04. The van der Waals surface area contributed by atoms with Crippen LogP contribution < -0.4 is 10.6 Å². The minimum absolute atomic E-state index is 0.110. The van der Waals surface area contributed by atoms with Gasteiger partial charge < -0.3 is 20.5 Å². The number of hydrogen-bond donors (Lipinski definition) is 3. The van der Waals surface area contributed by atoms with Gasteiger partial charge in [-0.05, 0) is 23.6 Å². The van der Waals surface area contributed by atoms with Crippen molar-refractivity contribution >= 4 is 34.9 Å². The van der Waals surface area contributed by atoms with Gasteiger partial charge in [0.2, 0.25) is 5.91 Å². The second-order valence-corrected chi connectivity index (χ2v) is 8.55. The van der Waals surface area contributed by atoms with Gasteiger partial charge in [-0.15, -0.1) is 0 Å². The maximum absolute atomic E-state index is 13.1. The molecule has 1 aliphatic carbocycles. The quantitative estimate of drug-likeness (QED) is 0.518. The molecule has 0 saturated carbocycles. The molecular weight excluding hydrogens is 446 g/mol. The van der Waals surface area contributed by atoms with Crippen molar-refractivity contribution in [2.75, 3.05) is 0 Å². The fraction of sp³-hybridized carbons (Fsp3) is 0.259. The highest BCUT2D eigenvalue weighted by Gasteiger charge is 2.30. The molecule has 1 aliphatic heterocycles. The Kier molecular flexibility index (Phi) is 7.10. The predicted molar refractivity (Wildman–Crippen MR) is 132 cm³/mol. The van der Waals surface area contributed by atoms with Gasteiger partial charge in [-0.3, -0.25) is 9.79 Å². The molecule has 0 radical (unpaired) electrons. The number of aliphatic imine (C=N–C) groups is 1. The summed E-state index contributed by atoms with van der Waals surface area (Å²) in [4.78, 5) is 41.6. The van der Waals surface area contributed by atoms with E-state index in [1.807, 2.05) is 56.3 Å². The fourth-order valence-corrected chi connectivity index (χ4v) is 4.04. The molecule has 180 valence electrons. The van der Waals surface area contributed by atoms with E-state index in [9.17, 15) is 19.5 Å². The number of nitrogens with zero attached hydrogens (tertiary/aromatic N) is 1. The Labute approximate surface area is 203 Å². The largest absolute Gasteiger partial charge is 0.478 e. The Hall–Kier alpha value is -4.20. The Morgan fingerprint density at radius 1 is 1.11 bits per heavy atom. The van der Waals surface area contributed by atoms with Crippen molar-refractivity contribution in [3.63, 3.8) is 0 Å². The highest BCUT2D eigenvalue weighted by molar-refractivity contribution is 6.31. The number of benzene rings is 2. The van der Waals surface area contributed by atoms with Crippen LogP contribution in [-0.2, 0) is 16.1 Å². The van der Waals surface area contributed by atoms with Gasteiger partial charge in [0.25, 0.3) is 0 Å². The van der Waals surface area contributed by atoms with Gasteiger partial charge in [-0.1, -0.05) is 68.8 Å². The van der Waals surface area contributed by atoms with Gasteiger partial charge in [0.05, 0.1) is 17.0 Å². The van der Waals surface area contributed by atoms with E-state index >= 15 is 0 Å². The standard InChI is InChI=1S/C27H27N3O5/c1-3-16(2)23(30-27(34)35-15-17-8-5-4-6-9-17)25(31)28-18-12-13-22-21(14-18)19-10-7-11-20(26(32)33)24(19)29-22/h4-12,14,16,23H,3,13,15H2,1-2H3,(H,28,31)(H,30,34)(H,32,33)/t16-,23-/m0/s1. The number of rotatable bonds is 8. The number of carbonyl (C=O) groups excluding carboxylic acids is 2. The van der Waals surface area contributed by atoms with Gasteiger partial charge in [0, 0.05) is 23.3 Å². The van der Waals surface area contributed by atoms with Crippen LogP contribution in [0.25, 0.3) is 5.57 Å². The number of carboxylic acids is 1. The molecule has 0 spiro atoms. The molecule has 0 saturated heterocycles. The first-order valence-electron chi connectivity index (χ1n) is 11.5. The maximum atomic E-state index is 13.1. The number of para-hydroxylation sites is 1. The lowest BCUT2D eigenvalue weighted by molar-refractivity contribution is -0.123. The monoisotopic (exact) mass is 473 g/mol. The van der Waals surface area contributed by atoms with E-state index in [0.29, 0.717) is 24.2 Å². The zero-order valence-electron chi connectivity index (χ0n) is 19.6. The van der Waals surface area contributed by atoms with Crippen molar-refractivity contribution in [1.29, 1.82) is 0 Å². The molecule has 3 N–H and O–H groups in total. The average Bonchev–Trinajstić information content (AvgIpc) is 3.24. The number of hydrogen-bond acceptors (Lipinski definition) is 5. The van der Waals surface area contributed by atoms with Crippen molar-refractivity contribution in [1.82, 2.24) is 10.6 Å². The number of amides is 2. The van der Waals surface area contributed by atoms with E-state index in [-0.39, 0.29) is 24.0 Å². The van der Waals surface area contributed by atoms with Gasteiger partial charge in [-0.25, -0.2) is 9.59 Å². The van der Waals surface area contributed by atoms with Crippen LogP contribution in [0.1, 0.15) is 48.2 Å². The van der Waals surface area contributed by atoms with Crippen LogP contribution in [0.4, 0.5) is 10.5 Å². The molecule has 4 rings (SSSR count). The predicted octanol–water partition coefficient (Wildman–Crippen LogP) is 4.60. The summed E-state index contributed by atoms with van der Waals surface area (Å²) in [5, 5.41) is 15.1. The topological polar surface area (TPSA) is 117 Å². The Balaban J connectivity index is 1.45. The third-order valence-electron chi connectivity index (χ3n) is 6.18. The minimum Gasteiger partial charge on any atom is -0.478 e. The summed E-state index contributed by atoms with van der Waals surface area (Å²) < 4.78 is 5.30. The molecule has 2 aromatic rings. The maximum Gasteiger partial charge on any atom is 0.408 e. The molecule has 35 heavy (non-hydrogen) atoms.